The zero-order chi connectivity index (χ0) is 13.9. The molecule has 0 aromatic heterocycles. The smallest absolute Gasteiger partial charge is 0.320 e. The molecular formula is C13H24N2O3. The molecule has 2 amide bonds. The van der Waals surface area contributed by atoms with Gasteiger partial charge < -0.3 is 14.9 Å². The maximum absolute atomic E-state index is 12.3. The first-order valence-corrected chi connectivity index (χ1v) is 6.57. The number of hydrogen-bond acceptors (Lipinski definition) is 2. The van der Waals surface area contributed by atoms with Gasteiger partial charge in [0, 0.05) is 26.2 Å². The Morgan fingerprint density at radius 3 is 2.61 bits per heavy atom. The minimum atomic E-state index is -0.814. The van der Waals surface area contributed by atoms with Crippen LogP contribution in [0.2, 0.25) is 0 Å². The van der Waals surface area contributed by atoms with Crippen molar-refractivity contribution in [3.8, 4) is 0 Å². The topological polar surface area (TPSA) is 60.9 Å². The van der Waals surface area contributed by atoms with E-state index in [9.17, 15) is 14.7 Å². The van der Waals surface area contributed by atoms with E-state index in [1.807, 2.05) is 13.8 Å². The molecule has 2 atom stereocenters. The number of piperidine rings is 1. The van der Waals surface area contributed by atoms with E-state index in [4.69, 9.17) is 0 Å². The molecule has 0 aliphatic carbocycles. The van der Waals surface area contributed by atoms with Crippen molar-refractivity contribution in [1.29, 1.82) is 0 Å². The molecule has 0 aromatic carbocycles. The van der Waals surface area contributed by atoms with Gasteiger partial charge in [0.15, 0.2) is 0 Å². The van der Waals surface area contributed by atoms with E-state index in [0.717, 1.165) is 12.8 Å². The molecule has 2 unspecified atom stereocenters. The van der Waals surface area contributed by atoms with Gasteiger partial charge in [-0.2, -0.15) is 0 Å². The number of hydrogen-bond donors (Lipinski definition) is 1. The molecule has 1 heterocycles. The summed E-state index contributed by atoms with van der Waals surface area (Å²) in [5.41, 5.74) is -0.801. The number of amides is 2. The Kier molecular flexibility index (Phi) is 4.59. The van der Waals surface area contributed by atoms with Crippen LogP contribution in [0.5, 0.6) is 0 Å². The van der Waals surface area contributed by atoms with Crippen molar-refractivity contribution in [2.45, 2.75) is 46.1 Å². The second kappa shape index (κ2) is 5.59. The van der Waals surface area contributed by atoms with E-state index in [1.54, 1.807) is 23.8 Å². The van der Waals surface area contributed by atoms with Gasteiger partial charge in [-0.25, -0.2) is 4.79 Å². The molecule has 1 aliphatic rings. The summed E-state index contributed by atoms with van der Waals surface area (Å²) >= 11 is 0. The van der Waals surface area contributed by atoms with E-state index >= 15 is 0 Å². The second-order valence-electron chi connectivity index (χ2n) is 5.54. The third-order valence-corrected chi connectivity index (χ3v) is 4.04. The fraction of sp³-hybridized carbons (Fsp3) is 0.846. The normalized spacial score (nSPS) is 25.7. The fourth-order valence-corrected chi connectivity index (χ4v) is 2.26. The van der Waals surface area contributed by atoms with E-state index in [0.29, 0.717) is 19.5 Å². The van der Waals surface area contributed by atoms with Gasteiger partial charge in [0.1, 0.15) is 0 Å². The standard InChI is InChI=1S/C13H24N2O3/c1-5-10(2)14(4)12(18)15-8-6-7-13(3,9-15)11(16)17/h10H,5-9H2,1-4H3,(H,16,17). The maximum Gasteiger partial charge on any atom is 0.320 e. The number of carbonyl (C=O) groups excluding carboxylic acids is 1. The number of aliphatic carboxylic acids is 1. The van der Waals surface area contributed by atoms with E-state index < -0.39 is 11.4 Å². The summed E-state index contributed by atoms with van der Waals surface area (Å²) in [6.45, 7) is 6.71. The van der Waals surface area contributed by atoms with Crippen LogP contribution in [0, 0.1) is 5.41 Å². The van der Waals surface area contributed by atoms with Gasteiger partial charge in [-0.05, 0) is 33.1 Å². The van der Waals surface area contributed by atoms with E-state index in [-0.39, 0.29) is 12.1 Å². The van der Waals surface area contributed by atoms with Crippen molar-refractivity contribution in [3.63, 3.8) is 0 Å². The average Bonchev–Trinajstić information content (AvgIpc) is 2.35. The van der Waals surface area contributed by atoms with Gasteiger partial charge in [-0.1, -0.05) is 6.92 Å². The Morgan fingerprint density at radius 2 is 2.11 bits per heavy atom. The highest BCUT2D eigenvalue weighted by atomic mass is 16.4. The molecule has 5 nitrogen and oxygen atoms in total. The van der Waals surface area contributed by atoms with Crippen molar-refractivity contribution < 1.29 is 14.7 Å². The van der Waals surface area contributed by atoms with Crippen LogP contribution in [-0.4, -0.2) is 53.1 Å². The molecule has 0 spiro atoms. The molecule has 0 aromatic rings. The predicted molar refractivity (Wildman–Crippen MR) is 69.5 cm³/mol. The monoisotopic (exact) mass is 256 g/mol. The summed E-state index contributed by atoms with van der Waals surface area (Å²) in [5.74, 6) is -0.814. The number of rotatable bonds is 3. The van der Waals surface area contributed by atoms with Gasteiger partial charge in [-0.15, -0.1) is 0 Å². The lowest BCUT2D eigenvalue weighted by molar-refractivity contribution is -0.150. The molecule has 1 saturated heterocycles. The Labute approximate surface area is 109 Å². The highest BCUT2D eigenvalue weighted by Crippen LogP contribution is 2.30. The maximum atomic E-state index is 12.3. The first-order chi connectivity index (χ1) is 8.31. The zero-order valence-corrected chi connectivity index (χ0v) is 11.8. The van der Waals surface area contributed by atoms with Gasteiger partial charge in [0.05, 0.1) is 5.41 Å². The molecule has 1 fully saturated rings. The second-order valence-corrected chi connectivity index (χ2v) is 5.54. The minimum Gasteiger partial charge on any atom is -0.481 e. The molecule has 0 saturated carbocycles. The number of likely N-dealkylation sites (tertiary alicyclic amines) is 1. The summed E-state index contributed by atoms with van der Waals surface area (Å²) < 4.78 is 0. The van der Waals surface area contributed by atoms with Crippen molar-refractivity contribution in [2.75, 3.05) is 20.1 Å². The van der Waals surface area contributed by atoms with Crippen LogP contribution in [0.1, 0.15) is 40.0 Å². The van der Waals surface area contributed by atoms with E-state index in [1.165, 1.54) is 0 Å². The summed E-state index contributed by atoms with van der Waals surface area (Å²) in [4.78, 5) is 26.9. The van der Waals surface area contributed by atoms with Crippen LogP contribution in [0.15, 0.2) is 0 Å². The molecule has 1 N–H and O–H groups in total. The molecular weight excluding hydrogens is 232 g/mol. The molecule has 18 heavy (non-hydrogen) atoms. The summed E-state index contributed by atoms with van der Waals surface area (Å²) in [6, 6.07) is 0.118. The van der Waals surface area contributed by atoms with Crippen LogP contribution in [-0.2, 0) is 4.79 Å². The molecule has 0 bridgehead atoms. The molecule has 0 radical (unpaired) electrons. The van der Waals surface area contributed by atoms with Gasteiger partial charge in [0.25, 0.3) is 0 Å². The Balaban J connectivity index is 2.72. The van der Waals surface area contributed by atoms with Crippen molar-refractivity contribution in [3.05, 3.63) is 0 Å². The van der Waals surface area contributed by atoms with Crippen LogP contribution >= 0.6 is 0 Å². The number of carboxylic acids is 1. The van der Waals surface area contributed by atoms with Crippen LogP contribution in [0.4, 0.5) is 4.79 Å². The SMILES string of the molecule is CCC(C)N(C)C(=O)N1CCCC(C)(C(=O)O)C1. The lowest BCUT2D eigenvalue weighted by Crippen LogP contribution is -2.53. The van der Waals surface area contributed by atoms with Crippen molar-refractivity contribution in [2.24, 2.45) is 5.41 Å². The zero-order valence-electron chi connectivity index (χ0n) is 11.8. The Bertz CT molecular complexity index is 332. The Hall–Kier alpha value is -1.26. The number of nitrogens with zero attached hydrogens (tertiary/aromatic N) is 2. The minimum absolute atomic E-state index is 0.0588. The summed E-state index contributed by atoms with van der Waals surface area (Å²) in [5, 5.41) is 9.24. The number of urea groups is 1. The van der Waals surface area contributed by atoms with Gasteiger partial charge in [-0.3, -0.25) is 4.79 Å². The Morgan fingerprint density at radius 1 is 1.50 bits per heavy atom. The van der Waals surface area contributed by atoms with Crippen LogP contribution in [0.3, 0.4) is 0 Å². The number of carbonyl (C=O) groups is 2. The van der Waals surface area contributed by atoms with Crippen LogP contribution < -0.4 is 0 Å². The molecule has 1 aliphatic heterocycles. The third kappa shape index (κ3) is 2.94. The quantitative estimate of drug-likeness (QED) is 0.840. The first kappa shape index (κ1) is 14.8. The molecule has 5 heteroatoms. The van der Waals surface area contributed by atoms with Gasteiger partial charge in [0.2, 0.25) is 0 Å². The fourth-order valence-electron chi connectivity index (χ4n) is 2.26. The first-order valence-electron chi connectivity index (χ1n) is 6.57. The highest BCUT2D eigenvalue weighted by molar-refractivity contribution is 5.78. The molecule has 1 rings (SSSR count). The average molecular weight is 256 g/mol. The van der Waals surface area contributed by atoms with Gasteiger partial charge >= 0.3 is 12.0 Å². The van der Waals surface area contributed by atoms with E-state index in [2.05, 4.69) is 0 Å². The lowest BCUT2D eigenvalue weighted by Gasteiger charge is -2.40. The highest BCUT2D eigenvalue weighted by Gasteiger charge is 2.40. The van der Waals surface area contributed by atoms with Crippen LogP contribution in [0.25, 0.3) is 0 Å². The predicted octanol–water partition coefficient (Wildman–Crippen LogP) is 2.02. The van der Waals surface area contributed by atoms with Crippen molar-refractivity contribution in [1.82, 2.24) is 9.80 Å². The largest absolute Gasteiger partial charge is 0.481 e. The lowest BCUT2D eigenvalue weighted by atomic mass is 9.82. The molecule has 104 valence electrons. The number of carboxylic acid groups (broad SMARTS) is 1. The third-order valence-electron chi connectivity index (χ3n) is 4.04. The summed E-state index contributed by atoms with van der Waals surface area (Å²) in [7, 11) is 1.78. The van der Waals surface area contributed by atoms with Crippen molar-refractivity contribution >= 4 is 12.0 Å². The summed E-state index contributed by atoms with van der Waals surface area (Å²) in [6.07, 6.45) is 2.29.